The van der Waals surface area contributed by atoms with Crippen molar-refractivity contribution in [2.75, 3.05) is 40.4 Å². The third kappa shape index (κ3) is 5.06. The maximum Gasteiger partial charge on any atom is 0.315 e. The van der Waals surface area contributed by atoms with E-state index in [1.54, 1.807) is 19.4 Å². The van der Waals surface area contributed by atoms with E-state index >= 15 is 0 Å². The Morgan fingerprint density at radius 1 is 1.62 bits per heavy atom. The van der Waals surface area contributed by atoms with Crippen LogP contribution in [0.15, 0.2) is 22.8 Å². The van der Waals surface area contributed by atoms with Crippen molar-refractivity contribution in [3.05, 3.63) is 24.2 Å². The van der Waals surface area contributed by atoms with Gasteiger partial charge in [0.1, 0.15) is 11.8 Å². The normalized spacial score (nSPS) is 21.0. The molecule has 1 fully saturated rings. The highest BCUT2D eigenvalue weighted by molar-refractivity contribution is 5.74. The molecule has 2 heterocycles. The van der Waals surface area contributed by atoms with E-state index in [4.69, 9.17) is 9.15 Å². The van der Waals surface area contributed by atoms with Gasteiger partial charge in [0.25, 0.3) is 0 Å². The van der Waals surface area contributed by atoms with Gasteiger partial charge < -0.3 is 24.7 Å². The van der Waals surface area contributed by atoms with Gasteiger partial charge in [0, 0.05) is 20.2 Å². The van der Waals surface area contributed by atoms with Crippen LogP contribution in [-0.4, -0.2) is 51.3 Å². The fourth-order valence-electron chi connectivity index (χ4n) is 2.74. The highest BCUT2D eigenvalue weighted by Gasteiger charge is 2.20. The Kier molecular flexibility index (Phi) is 6.07. The first kappa shape index (κ1) is 15.9. The van der Waals surface area contributed by atoms with Crippen molar-refractivity contribution in [1.29, 1.82) is 0 Å². The number of hydrogen-bond acceptors (Lipinski definition) is 4. The lowest BCUT2D eigenvalue weighted by atomic mass is 9.99. The molecular weight excluding hydrogens is 270 g/mol. The van der Waals surface area contributed by atoms with Gasteiger partial charge in [-0.3, -0.25) is 0 Å². The fraction of sp³-hybridized carbons (Fsp3) is 0.667. The summed E-state index contributed by atoms with van der Waals surface area (Å²) in [5.74, 6) is 1.23. The zero-order valence-electron chi connectivity index (χ0n) is 12.8. The first-order chi connectivity index (χ1) is 10.2. The molecule has 21 heavy (non-hydrogen) atoms. The molecule has 1 aliphatic rings. The van der Waals surface area contributed by atoms with Crippen molar-refractivity contribution in [2.45, 2.75) is 18.9 Å². The van der Waals surface area contributed by atoms with Crippen LogP contribution in [0.25, 0.3) is 0 Å². The third-order valence-corrected chi connectivity index (χ3v) is 3.80. The van der Waals surface area contributed by atoms with Crippen molar-refractivity contribution in [2.24, 2.45) is 5.92 Å². The van der Waals surface area contributed by atoms with E-state index in [0.29, 0.717) is 24.8 Å². The van der Waals surface area contributed by atoms with Gasteiger partial charge in [-0.25, -0.2) is 4.79 Å². The lowest BCUT2D eigenvalue weighted by Gasteiger charge is -2.29. The zero-order chi connectivity index (χ0) is 15.1. The number of nitrogens with one attached hydrogen (secondary N) is 2. The SMILES string of the molecule is COCC(NC(=O)NCC1CCCN(C)C1)c1ccco1. The molecule has 2 amide bonds. The Morgan fingerprint density at radius 3 is 3.14 bits per heavy atom. The molecule has 118 valence electrons. The molecule has 0 bridgehead atoms. The molecule has 6 heteroatoms. The summed E-state index contributed by atoms with van der Waals surface area (Å²) in [5, 5.41) is 5.84. The van der Waals surface area contributed by atoms with Gasteiger partial charge in [-0.2, -0.15) is 0 Å². The van der Waals surface area contributed by atoms with Crippen LogP contribution < -0.4 is 10.6 Å². The third-order valence-electron chi connectivity index (χ3n) is 3.80. The van der Waals surface area contributed by atoms with Crippen molar-refractivity contribution in [3.63, 3.8) is 0 Å². The molecule has 0 aromatic carbocycles. The molecule has 2 unspecified atom stereocenters. The second-order valence-corrected chi connectivity index (χ2v) is 5.65. The molecule has 1 aromatic rings. The van der Waals surface area contributed by atoms with Gasteiger partial charge in [0.15, 0.2) is 0 Å². The number of urea groups is 1. The van der Waals surface area contributed by atoms with Crippen LogP contribution in [0.1, 0.15) is 24.6 Å². The molecule has 1 saturated heterocycles. The molecule has 2 rings (SSSR count). The quantitative estimate of drug-likeness (QED) is 0.837. The van der Waals surface area contributed by atoms with Crippen molar-refractivity contribution in [1.82, 2.24) is 15.5 Å². The summed E-state index contributed by atoms with van der Waals surface area (Å²) in [6.45, 7) is 3.28. The van der Waals surface area contributed by atoms with Gasteiger partial charge in [0.05, 0.1) is 12.9 Å². The second-order valence-electron chi connectivity index (χ2n) is 5.65. The Hall–Kier alpha value is -1.53. The maximum atomic E-state index is 12.0. The largest absolute Gasteiger partial charge is 0.467 e. The van der Waals surface area contributed by atoms with Gasteiger partial charge >= 0.3 is 6.03 Å². The van der Waals surface area contributed by atoms with Crippen LogP contribution in [-0.2, 0) is 4.74 Å². The van der Waals surface area contributed by atoms with Crippen molar-refractivity contribution >= 4 is 6.03 Å². The lowest BCUT2D eigenvalue weighted by Crippen LogP contribution is -2.44. The van der Waals surface area contributed by atoms with Crippen molar-refractivity contribution in [3.8, 4) is 0 Å². The minimum Gasteiger partial charge on any atom is -0.467 e. The summed E-state index contributed by atoms with van der Waals surface area (Å²) >= 11 is 0. The predicted molar refractivity (Wildman–Crippen MR) is 80.1 cm³/mol. The summed E-state index contributed by atoms with van der Waals surface area (Å²) in [6.07, 6.45) is 3.96. The zero-order valence-corrected chi connectivity index (χ0v) is 12.8. The number of hydrogen-bond donors (Lipinski definition) is 2. The van der Waals surface area contributed by atoms with Crippen LogP contribution in [0.2, 0.25) is 0 Å². The lowest BCUT2D eigenvalue weighted by molar-refractivity contribution is 0.155. The Morgan fingerprint density at radius 2 is 2.48 bits per heavy atom. The molecule has 1 aliphatic heterocycles. The van der Waals surface area contributed by atoms with Gasteiger partial charge in [-0.1, -0.05) is 0 Å². The molecule has 0 spiro atoms. The Balaban J connectivity index is 1.77. The van der Waals surface area contributed by atoms with Gasteiger partial charge in [0.2, 0.25) is 0 Å². The first-order valence-electron chi connectivity index (χ1n) is 7.44. The molecule has 0 aliphatic carbocycles. The molecule has 2 N–H and O–H groups in total. The van der Waals surface area contributed by atoms with Crippen molar-refractivity contribution < 1.29 is 13.9 Å². The Bertz CT molecular complexity index is 422. The molecule has 2 atom stereocenters. The maximum absolute atomic E-state index is 12.0. The van der Waals surface area contributed by atoms with E-state index in [0.717, 1.165) is 13.1 Å². The summed E-state index contributed by atoms with van der Waals surface area (Å²) in [4.78, 5) is 14.3. The summed E-state index contributed by atoms with van der Waals surface area (Å²) in [5.41, 5.74) is 0. The summed E-state index contributed by atoms with van der Waals surface area (Å²) in [7, 11) is 3.73. The number of nitrogens with zero attached hydrogens (tertiary/aromatic N) is 1. The van der Waals surface area contributed by atoms with E-state index in [9.17, 15) is 4.79 Å². The number of furan rings is 1. The number of rotatable bonds is 6. The molecule has 6 nitrogen and oxygen atoms in total. The van der Waals surface area contributed by atoms with E-state index in [-0.39, 0.29) is 12.1 Å². The fourth-order valence-corrected chi connectivity index (χ4v) is 2.74. The number of carbonyl (C=O) groups is 1. The molecular formula is C15H25N3O3. The van der Waals surface area contributed by atoms with Crippen LogP contribution in [0.4, 0.5) is 4.79 Å². The average Bonchev–Trinajstić information content (AvgIpc) is 2.99. The summed E-state index contributed by atoms with van der Waals surface area (Å²) < 4.78 is 10.5. The number of piperidine rings is 1. The highest BCUT2D eigenvalue weighted by Crippen LogP contribution is 2.15. The smallest absolute Gasteiger partial charge is 0.315 e. The monoisotopic (exact) mass is 295 g/mol. The van der Waals surface area contributed by atoms with Crippen LogP contribution in [0.3, 0.4) is 0 Å². The number of amides is 2. The van der Waals surface area contributed by atoms with E-state index in [1.807, 2.05) is 6.07 Å². The van der Waals surface area contributed by atoms with Crippen LogP contribution in [0, 0.1) is 5.92 Å². The van der Waals surface area contributed by atoms with Gasteiger partial charge in [-0.05, 0) is 44.5 Å². The summed E-state index contributed by atoms with van der Waals surface area (Å²) in [6, 6.07) is 3.19. The number of carbonyl (C=O) groups excluding carboxylic acids is 1. The number of likely N-dealkylation sites (tertiary alicyclic amines) is 1. The van der Waals surface area contributed by atoms with Crippen LogP contribution >= 0.6 is 0 Å². The predicted octanol–water partition coefficient (Wildman–Crippen LogP) is 1.61. The average molecular weight is 295 g/mol. The Labute approximate surface area is 125 Å². The molecule has 0 saturated carbocycles. The minimum absolute atomic E-state index is 0.179. The minimum atomic E-state index is -0.265. The van der Waals surface area contributed by atoms with E-state index in [1.165, 1.54) is 12.8 Å². The molecule has 1 aromatic heterocycles. The topological polar surface area (TPSA) is 66.7 Å². The van der Waals surface area contributed by atoms with E-state index < -0.39 is 0 Å². The first-order valence-corrected chi connectivity index (χ1v) is 7.44. The number of ether oxygens (including phenoxy) is 1. The highest BCUT2D eigenvalue weighted by atomic mass is 16.5. The standard InChI is InChI=1S/C15H25N3O3/c1-18-7-3-5-12(10-18)9-16-15(19)17-13(11-20-2)14-6-4-8-21-14/h4,6,8,12-13H,3,5,7,9-11H2,1-2H3,(H2,16,17,19). The van der Waals surface area contributed by atoms with E-state index in [2.05, 4.69) is 22.6 Å². The second kappa shape index (κ2) is 8.05. The van der Waals surface area contributed by atoms with Gasteiger partial charge in [-0.15, -0.1) is 0 Å². The molecule has 0 radical (unpaired) electrons. The van der Waals surface area contributed by atoms with Crippen LogP contribution in [0.5, 0.6) is 0 Å². The number of methoxy groups -OCH3 is 1.